The summed E-state index contributed by atoms with van der Waals surface area (Å²) in [5.74, 6) is 0.982. The first-order chi connectivity index (χ1) is 12.6. The standard InChI is InChI=1S/C19H22N2O5/c1-2-25-14-9-11-15(12-10-14)26-17-7-4-3-6-16(17)21-19(24)20-13-5-8-18(22)23/h3-4,6-7,9-12H,2,5,8,13H2,1H3,(H,22,23)(H2,20,21,24). The number of carbonyl (C=O) groups is 2. The molecule has 0 aliphatic carbocycles. The van der Waals surface area contributed by atoms with Gasteiger partial charge in [-0.1, -0.05) is 12.1 Å². The van der Waals surface area contributed by atoms with E-state index in [0.717, 1.165) is 5.75 Å². The van der Waals surface area contributed by atoms with Gasteiger partial charge in [0.05, 0.1) is 12.3 Å². The molecule has 0 spiro atoms. The average Bonchev–Trinajstić information content (AvgIpc) is 2.62. The molecule has 0 atom stereocenters. The van der Waals surface area contributed by atoms with E-state index in [0.29, 0.717) is 30.2 Å². The van der Waals surface area contributed by atoms with Gasteiger partial charge in [0.15, 0.2) is 5.75 Å². The van der Waals surface area contributed by atoms with Gasteiger partial charge in [0.1, 0.15) is 11.5 Å². The molecule has 2 aromatic rings. The van der Waals surface area contributed by atoms with Gasteiger partial charge in [0.2, 0.25) is 0 Å². The number of carbonyl (C=O) groups excluding carboxylic acids is 1. The second kappa shape index (κ2) is 9.93. The monoisotopic (exact) mass is 358 g/mol. The highest BCUT2D eigenvalue weighted by Crippen LogP contribution is 2.30. The van der Waals surface area contributed by atoms with Crippen molar-refractivity contribution in [2.45, 2.75) is 19.8 Å². The van der Waals surface area contributed by atoms with Gasteiger partial charge in [-0.3, -0.25) is 4.79 Å². The van der Waals surface area contributed by atoms with Crippen LogP contribution >= 0.6 is 0 Å². The van der Waals surface area contributed by atoms with Crippen molar-refractivity contribution in [1.29, 1.82) is 0 Å². The minimum absolute atomic E-state index is 0.0116. The van der Waals surface area contributed by atoms with Crippen molar-refractivity contribution in [3.05, 3.63) is 48.5 Å². The zero-order valence-electron chi connectivity index (χ0n) is 14.5. The van der Waals surface area contributed by atoms with Crippen LogP contribution in [0.4, 0.5) is 10.5 Å². The lowest BCUT2D eigenvalue weighted by Crippen LogP contribution is -2.29. The van der Waals surface area contributed by atoms with E-state index in [9.17, 15) is 9.59 Å². The van der Waals surface area contributed by atoms with Gasteiger partial charge in [0, 0.05) is 13.0 Å². The van der Waals surface area contributed by atoms with Gasteiger partial charge < -0.3 is 25.2 Å². The summed E-state index contributed by atoms with van der Waals surface area (Å²) in [5, 5.41) is 13.9. The number of benzene rings is 2. The maximum Gasteiger partial charge on any atom is 0.319 e. The zero-order valence-corrected chi connectivity index (χ0v) is 14.5. The molecule has 0 radical (unpaired) electrons. The third kappa shape index (κ3) is 6.35. The second-order valence-electron chi connectivity index (χ2n) is 5.38. The number of ether oxygens (including phenoxy) is 2. The Morgan fingerprint density at radius 3 is 2.42 bits per heavy atom. The largest absolute Gasteiger partial charge is 0.494 e. The summed E-state index contributed by atoms with van der Waals surface area (Å²) in [5.41, 5.74) is 0.511. The van der Waals surface area contributed by atoms with Crippen LogP contribution in [0.3, 0.4) is 0 Å². The normalized spacial score (nSPS) is 10.0. The van der Waals surface area contributed by atoms with Gasteiger partial charge in [-0.05, 0) is 49.7 Å². The van der Waals surface area contributed by atoms with Gasteiger partial charge in [-0.25, -0.2) is 4.79 Å². The van der Waals surface area contributed by atoms with Gasteiger partial charge >= 0.3 is 12.0 Å². The smallest absolute Gasteiger partial charge is 0.319 e. The topological polar surface area (TPSA) is 96.9 Å². The number of anilines is 1. The van der Waals surface area contributed by atoms with E-state index in [1.54, 1.807) is 36.4 Å². The number of amides is 2. The first-order valence-corrected chi connectivity index (χ1v) is 8.35. The number of rotatable bonds is 9. The van der Waals surface area contributed by atoms with E-state index < -0.39 is 12.0 Å². The molecular weight excluding hydrogens is 336 g/mol. The molecule has 0 aliphatic heterocycles. The highest BCUT2D eigenvalue weighted by atomic mass is 16.5. The molecule has 26 heavy (non-hydrogen) atoms. The Labute approximate surface area is 151 Å². The van der Waals surface area contributed by atoms with Crippen molar-refractivity contribution in [2.75, 3.05) is 18.5 Å². The van der Waals surface area contributed by atoms with E-state index in [1.807, 2.05) is 19.1 Å². The highest BCUT2D eigenvalue weighted by molar-refractivity contribution is 5.90. The molecule has 2 rings (SSSR count). The lowest BCUT2D eigenvalue weighted by atomic mass is 10.3. The summed E-state index contributed by atoms with van der Waals surface area (Å²) in [6.07, 6.45) is 0.380. The van der Waals surface area contributed by atoms with Crippen LogP contribution in [0.15, 0.2) is 48.5 Å². The predicted molar refractivity (Wildman–Crippen MR) is 98.0 cm³/mol. The van der Waals surface area contributed by atoms with Crippen molar-refractivity contribution in [3.8, 4) is 17.2 Å². The Hall–Kier alpha value is -3.22. The fourth-order valence-electron chi connectivity index (χ4n) is 2.16. The molecule has 7 heteroatoms. The third-order valence-electron chi connectivity index (χ3n) is 3.35. The molecule has 3 N–H and O–H groups in total. The summed E-state index contributed by atoms with van der Waals surface area (Å²) in [6.45, 7) is 2.79. The van der Waals surface area contributed by atoms with Crippen LogP contribution < -0.4 is 20.1 Å². The lowest BCUT2D eigenvalue weighted by Gasteiger charge is -2.13. The first-order valence-electron chi connectivity index (χ1n) is 8.35. The van der Waals surface area contributed by atoms with Crippen LogP contribution in [0.25, 0.3) is 0 Å². The van der Waals surface area contributed by atoms with Crippen LogP contribution in [0.5, 0.6) is 17.2 Å². The minimum atomic E-state index is -0.888. The lowest BCUT2D eigenvalue weighted by molar-refractivity contribution is -0.137. The molecular formula is C19H22N2O5. The number of carboxylic acid groups (broad SMARTS) is 1. The quantitative estimate of drug-likeness (QED) is 0.591. The Kier molecular flexibility index (Phi) is 7.30. The maximum absolute atomic E-state index is 11.9. The van der Waals surface area contributed by atoms with E-state index in [-0.39, 0.29) is 13.0 Å². The molecule has 0 fully saturated rings. The predicted octanol–water partition coefficient (Wildman–Crippen LogP) is 3.86. The molecule has 0 saturated heterocycles. The minimum Gasteiger partial charge on any atom is -0.494 e. The van der Waals surface area contributed by atoms with Crippen LogP contribution in [0.2, 0.25) is 0 Å². The first kappa shape index (κ1) is 19.1. The Morgan fingerprint density at radius 2 is 1.73 bits per heavy atom. The Morgan fingerprint density at radius 1 is 1.04 bits per heavy atom. The maximum atomic E-state index is 11.9. The van der Waals surface area contributed by atoms with E-state index >= 15 is 0 Å². The molecule has 0 saturated carbocycles. The zero-order chi connectivity index (χ0) is 18.8. The number of hydrogen-bond donors (Lipinski definition) is 3. The third-order valence-corrected chi connectivity index (χ3v) is 3.35. The van der Waals surface area contributed by atoms with Crippen LogP contribution in [0.1, 0.15) is 19.8 Å². The second-order valence-corrected chi connectivity index (χ2v) is 5.38. The molecule has 7 nitrogen and oxygen atoms in total. The number of nitrogens with one attached hydrogen (secondary N) is 2. The van der Waals surface area contributed by atoms with Gasteiger partial charge in [0.25, 0.3) is 0 Å². The molecule has 138 valence electrons. The molecule has 0 unspecified atom stereocenters. The summed E-state index contributed by atoms with van der Waals surface area (Å²) in [6, 6.07) is 13.8. The Balaban J connectivity index is 1.94. The number of aliphatic carboxylic acids is 1. The van der Waals surface area contributed by atoms with E-state index in [2.05, 4.69) is 10.6 Å². The van der Waals surface area contributed by atoms with Crippen LogP contribution in [-0.4, -0.2) is 30.3 Å². The molecule has 0 aliphatic rings. The molecule has 0 heterocycles. The average molecular weight is 358 g/mol. The SMILES string of the molecule is CCOc1ccc(Oc2ccccc2NC(=O)NCCCC(=O)O)cc1. The fourth-order valence-corrected chi connectivity index (χ4v) is 2.16. The van der Waals surface area contributed by atoms with Crippen LogP contribution in [0, 0.1) is 0 Å². The number of urea groups is 1. The van der Waals surface area contributed by atoms with Crippen molar-refractivity contribution in [1.82, 2.24) is 5.32 Å². The number of hydrogen-bond acceptors (Lipinski definition) is 4. The molecule has 2 amide bonds. The van der Waals surface area contributed by atoms with Crippen molar-refractivity contribution in [3.63, 3.8) is 0 Å². The summed E-state index contributed by atoms with van der Waals surface area (Å²) >= 11 is 0. The van der Waals surface area contributed by atoms with Gasteiger partial charge in [-0.15, -0.1) is 0 Å². The number of para-hydroxylation sites is 2. The fraction of sp³-hybridized carbons (Fsp3) is 0.263. The summed E-state index contributed by atoms with van der Waals surface area (Å²) in [4.78, 5) is 22.4. The molecule has 2 aromatic carbocycles. The van der Waals surface area contributed by atoms with Crippen LogP contribution in [-0.2, 0) is 4.79 Å². The molecule has 0 aromatic heterocycles. The van der Waals surface area contributed by atoms with E-state index in [1.165, 1.54) is 0 Å². The van der Waals surface area contributed by atoms with Crippen molar-refractivity contribution >= 4 is 17.7 Å². The number of carboxylic acids is 1. The highest BCUT2D eigenvalue weighted by Gasteiger charge is 2.08. The summed E-state index contributed by atoms with van der Waals surface area (Å²) < 4.78 is 11.2. The molecule has 0 bridgehead atoms. The Bertz CT molecular complexity index is 731. The van der Waals surface area contributed by atoms with Crippen molar-refractivity contribution in [2.24, 2.45) is 0 Å². The van der Waals surface area contributed by atoms with Crippen molar-refractivity contribution < 1.29 is 24.2 Å². The summed E-state index contributed by atoms with van der Waals surface area (Å²) in [7, 11) is 0. The van der Waals surface area contributed by atoms with Gasteiger partial charge in [-0.2, -0.15) is 0 Å². The van der Waals surface area contributed by atoms with E-state index in [4.69, 9.17) is 14.6 Å².